The molecule has 0 spiro atoms. The molecule has 0 heterocycles. The quantitative estimate of drug-likeness (QED) is 0.549. The van der Waals surface area contributed by atoms with Gasteiger partial charge in [-0.1, -0.05) is 25.8 Å². The van der Waals surface area contributed by atoms with Gasteiger partial charge in [-0.15, -0.1) is 0 Å². The molecule has 0 fully saturated rings. The van der Waals surface area contributed by atoms with Gasteiger partial charge in [-0.2, -0.15) is 0 Å². The Morgan fingerprint density at radius 2 is 2.25 bits per heavy atom. The standard InChI is InChI=1S/C7H15N/c1-3-4-5-6-7-8-2/h6-8H,3-5H2,1-2H3/b7-6+. The van der Waals surface area contributed by atoms with Gasteiger partial charge < -0.3 is 5.32 Å². The van der Waals surface area contributed by atoms with Crippen LogP contribution >= 0.6 is 0 Å². The van der Waals surface area contributed by atoms with Crippen LogP contribution in [0, 0.1) is 0 Å². The first-order valence-electron chi connectivity index (χ1n) is 3.24. The Bertz CT molecular complexity index is 57.4. The van der Waals surface area contributed by atoms with Crippen molar-refractivity contribution in [1.82, 2.24) is 5.32 Å². The molecule has 0 saturated heterocycles. The van der Waals surface area contributed by atoms with Gasteiger partial charge in [0.15, 0.2) is 0 Å². The minimum atomic E-state index is 1.21. The highest BCUT2D eigenvalue weighted by Gasteiger charge is 1.74. The molecule has 48 valence electrons. The molecule has 1 heteroatoms. The van der Waals surface area contributed by atoms with Crippen LogP contribution in [-0.4, -0.2) is 7.05 Å². The zero-order valence-electron chi connectivity index (χ0n) is 5.78. The van der Waals surface area contributed by atoms with E-state index in [-0.39, 0.29) is 0 Å². The molecular formula is C7H15N. The fourth-order valence-corrected chi connectivity index (χ4v) is 0.523. The zero-order chi connectivity index (χ0) is 6.24. The van der Waals surface area contributed by atoms with E-state index in [2.05, 4.69) is 18.3 Å². The first-order chi connectivity index (χ1) is 3.91. The third kappa shape index (κ3) is 5.54. The van der Waals surface area contributed by atoms with Crippen molar-refractivity contribution in [3.05, 3.63) is 12.3 Å². The summed E-state index contributed by atoms with van der Waals surface area (Å²) in [6.45, 7) is 2.20. The molecule has 0 aliphatic rings. The average Bonchev–Trinajstić information content (AvgIpc) is 1.81. The molecule has 1 nitrogen and oxygen atoms in total. The summed E-state index contributed by atoms with van der Waals surface area (Å²) in [7, 11) is 1.92. The minimum Gasteiger partial charge on any atom is -0.394 e. The van der Waals surface area contributed by atoms with Crippen LogP contribution in [0.2, 0.25) is 0 Å². The number of rotatable bonds is 4. The molecule has 1 N–H and O–H groups in total. The van der Waals surface area contributed by atoms with Crippen molar-refractivity contribution >= 4 is 0 Å². The summed E-state index contributed by atoms with van der Waals surface area (Å²) >= 11 is 0. The molecule has 0 aromatic rings. The second-order valence-electron chi connectivity index (χ2n) is 1.83. The van der Waals surface area contributed by atoms with Crippen molar-refractivity contribution in [3.63, 3.8) is 0 Å². The number of allylic oxidation sites excluding steroid dienone is 1. The lowest BCUT2D eigenvalue weighted by Gasteiger charge is -1.87. The predicted octanol–water partition coefficient (Wildman–Crippen LogP) is 1.91. The average molecular weight is 113 g/mol. The maximum absolute atomic E-state index is 2.95. The van der Waals surface area contributed by atoms with Crippen LogP contribution in [0.4, 0.5) is 0 Å². The van der Waals surface area contributed by atoms with Gasteiger partial charge in [0.1, 0.15) is 0 Å². The van der Waals surface area contributed by atoms with Crippen molar-refractivity contribution < 1.29 is 0 Å². The Labute approximate surface area is 51.8 Å². The van der Waals surface area contributed by atoms with E-state index in [0.717, 1.165) is 0 Å². The number of hydrogen-bond donors (Lipinski definition) is 1. The molecular weight excluding hydrogens is 98.1 g/mol. The smallest absolute Gasteiger partial charge is 0.00276 e. The number of nitrogens with one attached hydrogen (secondary N) is 1. The fourth-order valence-electron chi connectivity index (χ4n) is 0.523. The Balaban J connectivity index is 2.80. The van der Waals surface area contributed by atoms with E-state index in [1.165, 1.54) is 19.3 Å². The summed E-state index contributed by atoms with van der Waals surface area (Å²) in [5, 5.41) is 2.95. The highest BCUT2D eigenvalue weighted by atomic mass is 14.8. The monoisotopic (exact) mass is 113 g/mol. The Kier molecular flexibility index (Phi) is 6.16. The summed E-state index contributed by atoms with van der Waals surface area (Å²) in [5.74, 6) is 0. The molecule has 0 aliphatic heterocycles. The van der Waals surface area contributed by atoms with Crippen LogP contribution in [0.3, 0.4) is 0 Å². The topological polar surface area (TPSA) is 12.0 Å². The van der Waals surface area contributed by atoms with Crippen LogP contribution in [-0.2, 0) is 0 Å². The Hall–Kier alpha value is -0.460. The van der Waals surface area contributed by atoms with Crippen LogP contribution in [0.15, 0.2) is 12.3 Å². The molecule has 0 amide bonds. The normalized spacial score (nSPS) is 10.2. The Morgan fingerprint density at radius 3 is 2.75 bits per heavy atom. The summed E-state index contributed by atoms with van der Waals surface area (Å²) in [6.07, 6.45) is 7.93. The summed E-state index contributed by atoms with van der Waals surface area (Å²) < 4.78 is 0. The lowest BCUT2D eigenvalue weighted by atomic mass is 10.2. The molecule has 0 unspecified atom stereocenters. The van der Waals surface area contributed by atoms with Gasteiger partial charge >= 0.3 is 0 Å². The number of unbranched alkanes of at least 4 members (excludes halogenated alkanes) is 2. The van der Waals surface area contributed by atoms with Crippen molar-refractivity contribution in [1.29, 1.82) is 0 Å². The van der Waals surface area contributed by atoms with Gasteiger partial charge in [0.25, 0.3) is 0 Å². The minimum absolute atomic E-state index is 1.21. The molecule has 0 aromatic heterocycles. The second kappa shape index (κ2) is 6.54. The van der Waals surface area contributed by atoms with Crippen molar-refractivity contribution in [2.75, 3.05) is 7.05 Å². The van der Waals surface area contributed by atoms with E-state index < -0.39 is 0 Å². The van der Waals surface area contributed by atoms with Crippen LogP contribution in [0.5, 0.6) is 0 Å². The maximum atomic E-state index is 2.95. The summed E-state index contributed by atoms with van der Waals surface area (Å²) in [4.78, 5) is 0. The zero-order valence-corrected chi connectivity index (χ0v) is 5.78. The van der Waals surface area contributed by atoms with E-state index in [0.29, 0.717) is 0 Å². The first-order valence-corrected chi connectivity index (χ1v) is 3.24. The summed E-state index contributed by atoms with van der Waals surface area (Å²) in [6, 6.07) is 0. The van der Waals surface area contributed by atoms with E-state index in [1.54, 1.807) is 0 Å². The third-order valence-corrected chi connectivity index (χ3v) is 1.01. The van der Waals surface area contributed by atoms with E-state index >= 15 is 0 Å². The van der Waals surface area contributed by atoms with Gasteiger partial charge in [0.05, 0.1) is 0 Å². The van der Waals surface area contributed by atoms with Gasteiger partial charge in [-0.3, -0.25) is 0 Å². The van der Waals surface area contributed by atoms with Crippen LogP contribution < -0.4 is 5.32 Å². The van der Waals surface area contributed by atoms with Gasteiger partial charge in [-0.25, -0.2) is 0 Å². The molecule has 0 rings (SSSR count). The largest absolute Gasteiger partial charge is 0.394 e. The van der Waals surface area contributed by atoms with Crippen LogP contribution in [0.1, 0.15) is 26.2 Å². The SMILES string of the molecule is CCCC/C=C/NC. The molecule has 0 aliphatic carbocycles. The number of hydrogen-bond acceptors (Lipinski definition) is 1. The lowest BCUT2D eigenvalue weighted by molar-refractivity contribution is 0.811. The highest BCUT2D eigenvalue weighted by Crippen LogP contribution is 1.92. The second-order valence-corrected chi connectivity index (χ2v) is 1.83. The van der Waals surface area contributed by atoms with Crippen molar-refractivity contribution in [2.45, 2.75) is 26.2 Å². The lowest BCUT2D eigenvalue weighted by Crippen LogP contribution is -1.90. The molecule has 8 heavy (non-hydrogen) atoms. The van der Waals surface area contributed by atoms with E-state index in [4.69, 9.17) is 0 Å². The third-order valence-electron chi connectivity index (χ3n) is 1.01. The molecule has 0 aromatic carbocycles. The summed E-state index contributed by atoms with van der Waals surface area (Å²) in [5.41, 5.74) is 0. The van der Waals surface area contributed by atoms with Gasteiger partial charge in [-0.05, 0) is 12.6 Å². The van der Waals surface area contributed by atoms with Crippen molar-refractivity contribution in [2.24, 2.45) is 0 Å². The van der Waals surface area contributed by atoms with Crippen molar-refractivity contribution in [3.8, 4) is 0 Å². The predicted molar refractivity (Wildman–Crippen MR) is 37.7 cm³/mol. The Morgan fingerprint density at radius 1 is 1.50 bits per heavy atom. The molecule has 0 saturated carbocycles. The molecule has 0 atom stereocenters. The van der Waals surface area contributed by atoms with Gasteiger partial charge in [0.2, 0.25) is 0 Å². The van der Waals surface area contributed by atoms with Gasteiger partial charge in [0, 0.05) is 7.05 Å². The van der Waals surface area contributed by atoms with Crippen LogP contribution in [0.25, 0.3) is 0 Å². The molecule has 0 radical (unpaired) electrons. The highest BCUT2D eigenvalue weighted by molar-refractivity contribution is 4.76. The van der Waals surface area contributed by atoms with E-state index in [1.807, 2.05) is 13.2 Å². The maximum Gasteiger partial charge on any atom is 0.00276 e. The fraction of sp³-hybridized carbons (Fsp3) is 0.714. The first kappa shape index (κ1) is 7.54. The molecule has 0 bridgehead atoms. The van der Waals surface area contributed by atoms with E-state index in [9.17, 15) is 0 Å².